The molecule has 2 aliphatic heterocycles. The Balaban J connectivity index is 1.81. The summed E-state index contributed by atoms with van der Waals surface area (Å²) in [5.74, 6) is -0.266. The SMILES string of the molecule is CCC1c2c([nH]c3ccccc23)C2CCCCN2C1CC(N=O)C(=O)OC. The quantitative estimate of drug-likeness (QED) is 0.631. The van der Waals surface area contributed by atoms with E-state index in [9.17, 15) is 9.70 Å². The van der Waals surface area contributed by atoms with E-state index in [1.807, 2.05) is 0 Å². The summed E-state index contributed by atoms with van der Waals surface area (Å²) in [7, 11) is 1.32. The summed E-state index contributed by atoms with van der Waals surface area (Å²) in [5.41, 5.74) is 3.87. The van der Waals surface area contributed by atoms with Gasteiger partial charge in [0.2, 0.25) is 0 Å². The van der Waals surface area contributed by atoms with Crippen molar-refractivity contribution < 1.29 is 9.53 Å². The number of carbonyl (C=O) groups is 1. The number of carbonyl (C=O) groups excluding carboxylic acids is 1. The molecule has 0 radical (unpaired) electrons. The fourth-order valence-corrected chi connectivity index (χ4v) is 5.25. The first-order valence-corrected chi connectivity index (χ1v) is 9.96. The monoisotopic (exact) mass is 369 g/mol. The number of esters is 1. The number of nitrogens with one attached hydrogen (secondary N) is 1. The molecule has 1 saturated heterocycles. The summed E-state index contributed by atoms with van der Waals surface area (Å²) in [6.07, 6.45) is 4.83. The molecule has 1 fully saturated rings. The minimum absolute atomic E-state index is 0.119. The summed E-state index contributed by atoms with van der Waals surface area (Å²) < 4.78 is 4.82. The molecule has 4 unspecified atom stereocenters. The second-order valence-electron chi connectivity index (χ2n) is 7.71. The van der Waals surface area contributed by atoms with Crippen LogP contribution in [0.1, 0.15) is 62.2 Å². The van der Waals surface area contributed by atoms with Crippen LogP contribution in [0.4, 0.5) is 0 Å². The minimum Gasteiger partial charge on any atom is -0.467 e. The summed E-state index contributed by atoms with van der Waals surface area (Å²) in [6.45, 7) is 3.18. The molecule has 27 heavy (non-hydrogen) atoms. The van der Waals surface area contributed by atoms with Gasteiger partial charge in [-0.1, -0.05) is 36.7 Å². The van der Waals surface area contributed by atoms with Crippen LogP contribution in [0.3, 0.4) is 0 Å². The van der Waals surface area contributed by atoms with Crippen molar-refractivity contribution in [2.24, 2.45) is 5.18 Å². The van der Waals surface area contributed by atoms with Gasteiger partial charge in [0.15, 0.2) is 6.04 Å². The number of nitroso groups, excluding NO2 is 1. The predicted octanol–water partition coefficient (Wildman–Crippen LogP) is 4.27. The molecule has 6 nitrogen and oxygen atoms in total. The Bertz CT molecular complexity index is 846. The number of hydrogen-bond donors (Lipinski definition) is 1. The normalized spacial score (nSPS) is 26.2. The topological polar surface area (TPSA) is 74.8 Å². The molecular formula is C21H27N3O3. The lowest BCUT2D eigenvalue weighted by atomic mass is 9.76. The van der Waals surface area contributed by atoms with Crippen molar-refractivity contribution in [3.8, 4) is 0 Å². The van der Waals surface area contributed by atoms with E-state index in [0.29, 0.717) is 12.5 Å². The van der Waals surface area contributed by atoms with Gasteiger partial charge >= 0.3 is 5.97 Å². The molecule has 6 heteroatoms. The third kappa shape index (κ3) is 2.96. The maximum Gasteiger partial charge on any atom is 0.334 e. The van der Waals surface area contributed by atoms with Crippen LogP contribution in [0.5, 0.6) is 0 Å². The van der Waals surface area contributed by atoms with Crippen LogP contribution in [0.2, 0.25) is 0 Å². The van der Waals surface area contributed by atoms with Crippen molar-refractivity contribution in [1.82, 2.24) is 9.88 Å². The van der Waals surface area contributed by atoms with Crippen molar-refractivity contribution in [2.45, 2.75) is 63.1 Å². The van der Waals surface area contributed by atoms with Gasteiger partial charge in [-0.3, -0.25) is 4.90 Å². The first kappa shape index (κ1) is 18.2. The molecule has 0 amide bonds. The highest BCUT2D eigenvalue weighted by Gasteiger charge is 2.44. The van der Waals surface area contributed by atoms with Crippen LogP contribution in [0.15, 0.2) is 29.4 Å². The lowest BCUT2D eigenvalue weighted by Crippen LogP contribution is -2.50. The summed E-state index contributed by atoms with van der Waals surface area (Å²) in [4.78, 5) is 29.6. The van der Waals surface area contributed by atoms with Crippen molar-refractivity contribution in [3.63, 3.8) is 0 Å². The van der Waals surface area contributed by atoms with E-state index >= 15 is 0 Å². The zero-order chi connectivity index (χ0) is 19.0. The Morgan fingerprint density at radius 2 is 2.19 bits per heavy atom. The number of fused-ring (bicyclic) bond motifs is 5. The van der Waals surface area contributed by atoms with Crippen LogP contribution in [-0.4, -0.2) is 41.6 Å². The van der Waals surface area contributed by atoms with Gasteiger partial charge in [-0.05, 0) is 37.4 Å². The molecule has 1 aromatic heterocycles. The zero-order valence-electron chi connectivity index (χ0n) is 16.0. The van der Waals surface area contributed by atoms with E-state index < -0.39 is 12.0 Å². The molecule has 144 valence electrons. The zero-order valence-corrected chi connectivity index (χ0v) is 16.0. The first-order valence-electron chi connectivity index (χ1n) is 9.96. The van der Waals surface area contributed by atoms with Gasteiger partial charge in [-0.2, -0.15) is 0 Å². The molecule has 1 N–H and O–H groups in total. The second kappa shape index (κ2) is 7.43. The lowest BCUT2D eigenvalue weighted by molar-refractivity contribution is -0.142. The molecule has 1 aromatic carbocycles. The molecule has 4 rings (SSSR count). The molecule has 0 aliphatic carbocycles. The molecule has 0 saturated carbocycles. The van der Waals surface area contributed by atoms with Gasteiger partial charge in [0.05, 0.1) is 13.2 Å². The third-order valence-corrected chi connectivity index (χ3v) is 6.42. The number of piperidine rings is 1. The standard InChI is InChI=1S/C21H27N3O3/c1-3-13-18(12-16(23-26)21(25)27-2)24-11-7-6-10-17(24)20-19(13)14-8-4-5-9-15(14)22-20/h4-5,8-9,13,16-18,22H,3,6-7,10-12H2,1-2H3. The Morgan fingerprint density at radius 3 is 2.93 bits per heavy atom. The highest BCUT2D eigenvalue weighted by atomic mass is 16.5. The van der Waals surface area contributed by atoms with Crippen molar-refractivity contribution in [3.05, 3.63) is 40.4 Å². The van der Waals surface area contributed by atoms with E-state index in [1.165, 1.54) is 35.7 Å². The number of ether oxygens (including phenoxy) is 1. The predicted molar refractivity (Wildman–Crippen MR) is 105 cm³/mol. The summed E-state index contributed by atoms with van der Waals surface area (Å²) in [5, 5.41) is 4.37. The third-order valence-electron chi connectivity index (χ3n) is 6.42. The molecule has 0 bridgehead atoms. The number of para-hydroxylation sites is 1. The van der Waals surface area contributed by atoms with Gasteiger partial charge in [0.25, 0.3) is 0 Å². The molecule has 4 atom stereocenters. The largest absolute Gasteiger partial charge is 0.467 e. The second-order valence-corrected chi connectivity index (χ2v) is 7.71. The lowest BCUT2D eigenvalue weighted by Gasteiger charge is -2.49. The fourth-order valence-electron chi connectivity index (χ4n) is 5.25. The van der Waals surface area contributed by atoms with Gasteiger partial charge < -0.3 is 9.72 Å². The van der Waals surface area contributed by atoms with E-state index in [1.54, 1.807) is 0 Å². The number of hydrogen-bond acceptors (Lipinski definition) is 5. The minimum atomic E-state index is -0.941. The smallest absolute Gasteiger partial charge is 0.334 e. The van der Waals surface area contributed by atoms with Crippen LogP contribution >= 0.6 is 0 Å². The fraction of sp³-hybridized carbons (Fsp3) is 0.571. The van der Waals surface area contributed by atoms with E-state index in [0.717, 1.165) is 25.8 Å². The molecule has 2 aromatic rings. The van der Waals surface area contributed by atoms with Crippen LogP contribution in [-0.2, 0) is 9.53 Å². The number of benzene rings is 1. The number of H-pyrrole nitrogens is 1. The van der Waals surface area contributed by atoms with Crippen LogP contribution in [0.25, 0.3) is 10.9 Å². The number of methoxy groups -OCH3 is 1. The van der Waals surface area contributed by atoms with Crippen molar-refractivity contribution in [2.75, 3.05) is 13.7 Å². The van der Waals surface area contributed by atoms with E-state index in [-0.39, 0.29) is 12.0 Å². The maximum absolute atomic E-state index is 12.0. The Morgan fingerprint density at radius 1 is 1.37 bits per heavy atom. The Labute approximate surface area is 159 Å². The average Bonchev–Trinajstić information content (AvgIpc) is 3.11. The molecule has 2 aliphatic rings. The first-order chi connectivity index (χ1) is 13.2. The van der Waals surface area contributed by atoms with Gasteiger partial charge in [0.1, 0.15) is 0 Å². The van der Waals surface area contributed by atoms with E-state index in [4.69, 9.17) is 4.74 Å². The Hall–Kier alpha value is -2.21. The van der Waals surface area contributed by atoms with Gasteiger partial charge in [-0.15, -0.1) is 4.91 Å². The number of rotatable bonds is 5. The number of aromatic nitrogens is 1. The number of nitrogens with zero attached hydrogens (tertiary/aromatic N) is 2. The average molecular weight is 369 g/mol. The molecule has 0 spiro atoms. The highest BCUT2D eigenvalue weighted by Crippen LogP contribution is 2.49. The number of aromatic amines is 1. The van der Waals surface area contributed by atoms with Gasteiger partial charge in [0, 0.05) is 35.0 Å². The Kier molecular flexibility index (Phi) is 5.00. The van der Waals surface area contributed by atoms with Crippen LogP contribution < -0.4 is 0 Å². The van der Waals surface area contributed by atoms with E-state index in [2.05, 4.69) is 46.2 Å². The maximum atomic E-state index is 12.0. The molecular weight excluding hydrogens is 342 g/mol. The van der Waals surface area contributed by atoms with Crippen molar-refractivity contribution in [1.29, 1.82) is 0 Å². The van der Waals surface area contributed by atoms with Crippen molar-refractivity contribution >= 4 is 16.9 Å². The van der Waals surface area contributed by atoms with Gasteiger partial charge in [-0.25, -0.2) is 4.79 Å². The molecule has 3 heterocycles. The summed E-state index contributed by atoms with van der Waals surface area (Å²) >= 11 is 0. The highest BCUT2D eigenvalue weighted by molar-refractivity contribution is 5.86. The van der Waals surface area contributed by atoms with Crippen LogP contribution in [0, 0.1) is 4.91 Å². The summed E-state index contributed by atoms with van der Waals surface area (Å²) in [6, 6.07) is 7.95.